The van der Waals surface area contributed by atoms with Crippen molar-refractivity contribution in [3.63, 3.8) is 0 Å². The lowest BCUT2D eigenvalue weighted by atomic mass is 10.4. The van der Waals surface area contributed by atoms with Gasteiger partial charge in [-0.15, -0.1) is 0 Å². The van der Waals surface area contributed by atoms with Crippen molar-refractivity contribution >= 4 is 5.82 Å². The number of hydrogen-bond donors (Lipinski definition) is 1. The van der Waals surface area contributed by atoms with E-state index in [4.69, 9.17) is 5.73 Å². The molecular formula is C12H23N5. The third kappa shape index (κ3) is 4.02. The molecule has 0 radical (unpaired) electrons. The Hall–Kier alpha value is -1.07. The second kappa shape index (κ2) is 6.02. The Morgan fingerprint density at radius 1 is 1.29 bits per heavy atom. The largest absolute Gasteiger partial charge is 0.382 e. The molecule has 1 aliphatic rings. The van der Waals surface area contributed by atoms with Crippen LogP contribution in [0.1, 0.15) is 12.8 Å². The molecule has 1 fully saturated rings. The van der Waals surface area contributed by atoms with E-state index < -0.39 is 0 Å². The summed E-state index contributed by atoms with van der Waals surface area (Å²) in [6, 6.07) is 1.84. The molecule has 5 nitrogen and oxygen atoms in total. The van der Waals surface area contributed by atoms with Gasteiger partial charge in [-0.25, -0.2) is 0 Å². The fraction of sp³-hybridized carbons (Fsp3) is 0.750. The smallest absolute Gasteiger partial charge is 0.145 e. The minimum atomic E-state index is 0.602. The minimum absolute atomic E-state index is 0.602. The van der Waals surface area contributed by atoms with Crippen molar-refractivity contribution in [1.29, 1.82) is 0 Å². The Morgan fingerprint density at radius 3 is 2.65 bits per heavy atom. The van der Waals surface area contributed by atoms with Crippen LogP contribution in [0.5, 0.6) is 0 Å². The molecule has 2 rings (SSSR count). The van der Waals surface area contributed by atoms with E-state index in [2.05, 4.69) is 21.9 Å². The molecule has 96 valence electrons. The van der Waals surface area contributed by atoms with Gasteiger partial charge in [0.1, 0.15) is 5.82 Å². The van der Waals surface area contributed by atoms with E-state index in [1.807, 2.05) is 16.9 Å². The molecule has 1 aliphatic heterocycles. The average molecular weight is 237 g/mol. The van der Waals surface area contributed by atoms with Crippen LogP contribution in [0.4, 0.5) is 5.82 Å². The molecular weight excluding hydrogens is 214 g/mol. The van der Waals surface area contributed by atoms with E-state index in [1.54, 1.807) is 0 Å². The summed E-state index contributed by atoms with van der Waals surface area (Å²) in [5.74, 6) is 0.602. The van der Waals surface area contributed by atoms with Crippen molar-refractivity contribution in [2.24, 2.45) is 0 Å². The molecule has 0 saturated carbocycles. The van der Waals surface area contributed by atoms with Crippen LogP contribution < -0.4 is 5.73 Å². The molecule has 1 aromatic heterocycles. The molecule has 17 heavy (non-hydrogen) atoms. The highest BCUT2D eigenvalue weighted by molar-refractivity contribution is 5.23. The van der Waals surface area contributed by atoms with E-state index in [1.165, 1.54) is 32.5 Å². The quantitative estimate of drug-likeness (QED) is 0.782. The van der Waals surface area contributed by atoms with E-state index in [0.717, 1.165) is 19.6 Å². The first kappa shape index (κ1) is 12.4. The number of anilines is 1. The molecule has 0 aromatic carbocycles. The van der Waals surface area contributed by atoms with Gasteiger partial charge in [-0.3, -0.25) is 4.68 Å². The number of aromatic nitrogens is 2. The standard InChI is InChI=1S/C12H23N5/c1-15(8-10-16-5-2-3-6-16)9-11-17-7-4-12(13)14-17/h4,7H,2-3,5-6,8-11H2,1H3,(H2,13,14). The van der Waals surface area contributed by atoms with Gasteiger partial charge in [0.05, 0.1) is 6.54 Å². The Kier molecular flexibility index (Phi) is 4.39. The summed E-state index contributed by atoms with van der Waals surface area (Å²) in [7, 11) is 2.17. The van der Waals surface area contributed by atoms with Gasteiger partial charge < -0.3 is 15.5 Å². The highest BCUT2D eigenvalue weighted by atomic mass is 15.3. The SMILES string of the molecule is CN(CCN1CCCC1)CCn1ccc(N)n1. The molecule has 0 amide bonds. The van der Waals surface area contributed by atoms with Crippen molar-refractivity contribution in [2.75, 3.05) is 45.5 Å². The highest BCUT2D eigenvalue weighted by Crippen LogP contribution is 2.06. The molecule has 0 unspecified atom stereocenters. The Morgan fingerprint density at radius 2 is 2.00 bits per heavy atom. The third-order valence-electron chi connectivity index (χ3n) is 3.37. The maximum Gasteiger partial charge on any atom is 0.145 e. The van der Waals surface area contributed by atoms with E-state index in [9.17, 15) is 0 Å². The fourth-order valence-corrected chi connectivity index (χ4v) is 2.21. The number of likely N-dealkylation sites (tertiary alicyclic amines) is 1. The number of nitrogen functional groups attached to an aromatic ring is 1. The van der Waals surface area contributed by atoms with Crippen LogP contribution in [0.3, 0.4) is 0 Å². The monoisotopic (exact) mass is 237 g/mol. The summed E-state index contributed by atoms with van der Waals surface area (Å²) >= 11 is 0. The van der Waals surface area contributed by atoms with Gasteiger partial charge in [-0.05, 0) is 39.0 Å². The predicted molar refractivity (Wildman–Crippen MR) is 69.8 cm³/mol. The zero-order chi connectivity index (χ0) is 12.1. The number of rotatable bonds is 6. The van der Waals surface area contributed by atoms with Gasteiger partial charge >= 0.3 is 0 Å². The second-order valence-electron chi connectivity index (χ2n) is 4.86. The van der Waals surface area contributed by atoms with Gasteiger partial charge in [0.15, 0.2) is 0 Å². The van der Waals surface area contributed by atoms with Gasteiger partial charge in [0.2, 0.25) is 0 Å². The van der Waals surface area contributed by atoms with Crippen molar-refractivity contribution < 1.29 is 0 Å². The molecule has 0 aliphatic carbocycles. The Labute approximate surface area is 103 Å². The lowest BCUT2D eigenvalue weighted by molar-refractivity contribution is 0.249. The zero-order valence-electron chi connectivity index (χ0n) is 10.7. The molecule has 5 heteroatoms. The van der Waals surface area contributed by atoms with Gasteiger partial charge in [-0.1, -0.05) is 0 Å². The Bertz CT molecular complexity index is 329. The molecule has 2 N–H and O–H groups in total. The van der Waals surface area contributed by atoms with Gasteiger partial charge in [-0.2, -0.15) is 5.10 Å². The van der Waals surface area contributed by atoms with Crippen LogP contribution in [0.2, 0.25) is 0 Å². The van der Waals surface area contributed by atoms with Gasteiger partial charge in [0.25, 0.3) is 0 Å². The molecule has 1 saturated heterocycles. The summed E-state index contributed by atoms with van der Waals surface area (Å²) in [4.78, 5) is 4.90. The van der Waals surface area contributed by atoms with Crippen LogP contribution in [0, 0.1) is 0 Å². The zero-order valence-corrected chi connectivity index (χ0v) is 10.7. The van der Waals surface area contributed by atoms with E-state index >= 15 is 0 Å². The summed E-state index contributed by atoms with van der Waals surface area (Å²) in [5.41, 5.74) is 5.57. The van der Waals surface area contributed by atoms with Crippen molar-refractivity contribution in [2.45, 2.75) is 19.4 Å². The summed E-state index contributed by atoms with van der Waals surface area (Å²) in [6.45, 7) is 6.82. The summed E-state index contributed by atoms with van der Waals surface area (Å²) in [6.07, 6.45) is 4.68. The van der Waals surface area contributed by atoms with Crippen molar-refractivity contribution in [3.8, 4) is 0 Å². The normalized spacial score (nSPS) is 17.1. The first-order chi connectivity index (χ1) is 8.24. The second-order valence-corrected chi connectivity index (χ2v) is 4.86. The molecule has 0 spiro atoms. The van der Waals surface area contributed by atoms with Crippen LogP contribution in [-0.2, 0) is 6.54 Å². The minimum Gasteiger partial charge on any atom is -0.382 e. The summed E-state index contributed by atoms with van der Waals surface area (Å²) in [5, 5.41) is 4.18. The maximum atomic E-state index is 5.57. The first-order valence-corrected chi connectivity index (χ1v) is 6.44. The average Bonchev–Trinajstić information content (AvgIpc) is 2.95. The Balaban J connectivity index is 1.61. The molecule has 2 heterocycles. The van der Waals surface area contributed by atoms with Crippen molar-refractivity contribution in [3.05, 3.63) is 12.3 Å². The van der Waals surface area contributed by atoms with Gasteiger partial charge in [0, 0.05) is 25.8 Å². The number of hydrogen-bond acceptors (Lipinski definition) is 4. The number of nitrogens with two attached hydrogens (primary N) is 1. The lowest BCUT2D eigenvalue weighted by Gasteiger charge is -2.21. The number of likely N-dealkylation sites (N-methyl/N-ethyl adjacent to an activating group) is 1. The molecule has 1 aromatic rings. The first-order valence-electron chi connectivity index (χ1n) is 6.44. The third-order valence-corrected chi connectivity index (χ3v) is 3.37. The highest BCUT2D eigenvalue weighted by Gasteiger charge is 2.11. The summed E-state index contributed by atoms with van der Waals surface area (Å²) < 4.78 is 1.90. The van der Waals surface area contributed by atoms with Crippen LogP contribution >= 0.6 is 0 Å². The molecule has 0 atom stereocenters. The van der Waals surface area contributed by atoms with E-state index in [-0.39, 0.29) is 0 Å². The van der Waals surface area contributed by atoms with Crippen LogP contribution in [0.15, 0.2) is 12.3 Å². The lowest BCUT2D eigenvalue weighted by Crippen LogP contribution is -2.33. The maximum absolute atomic E-state index is 5.57. The van der Waals surface area contributed by atoms with E-state index in [0.29, 0.717) is 5.82 Å². The predicted octanol–water partition coefficient (Wildman–Crippen LogP) is 0.493. The number of nitrogens with zero attached hydrogens (tertiary/aromatic N) is 4. The van der Waals surface area contributed by atoms with Crippen LogP contribution in [0.25, 0.3) is 0 Å². The molecule has 0 bridgehead atoms. The van der Waals surface area contributed by atoms with Crippen molar-refractivity contribution in [1.82, 2.24) is 19.6 Å². The fourth-order valence-electron chi connectivity index (χ4n) is 2.21. The van der Waals surface area contributed by atoms with Crippen LogP contribution in [-0.4, -0.2) is 59.4 Å². The topological polar surface area (TPSA) is 50.3 Å².